The Hall–Kier alpha value is -1.12. The molecule has 0 radical (unpaired) electrons. The van der Waals surface area contributed by atoms with E-state index >= 15 is 0 Å². The van der Waals surface area contributed by atoms with Crippen LogP contribution in [0.1, 0.15) is 86.0 Å². The van der Waals surface area contributed by atoms with Gasteiger partial charge in [0.1, 0.15) is 0 Å². The molecule has 0 unspecified atom stereocenters. The number of hydrogen-bond acceptors (Lipinski definition) is 0. The quantitative estimate of drug-likeness (QED) is 0.0667. The normalized spacial score (nSPS) is 10.9. The summed E-state index contributed by atoms with van der Waals surface area (Å²) in [6.45, 7) is 14.6. The molecule has 0 aliphatic carbocycles. The second kappa shape index (κ2) is 24.2. The molecule has 0 spiro atoms. The van der Waals surface area contributed by atoms with Crippen molar-refractivity contribution in [3.8, 4) is 0 Å². The molecule has 42 heavy (non-hydrogen) atoms. The summed E-state index contributed by atoms with van der Waals surface area (Å²) in [6.07, 6.45) is 22.1. The maximum atomic E-state index is 3.46. The average Bonchev–Trinajstić information content (AvgIpc) is 3.63. The largest absolute Gasteiger partial charge is 2.00 e. The van der Waals surface area contributed by atoms with Crippen LogP contribution in [0.15, 0.2) is 97.6 Å². The Morgan fingerprint density at radius 2 is 0.976 bits per heavy atom. The van der Waals surface area contributed by atoms with Gasteiger partial charge in [0.05, 0.1) is 0 Å². The summed E-state index contributed by atoms with van der Waals surface area (Å²) in [4.78, 5) is 0. The van der Waals surface area contributed by atoms with Crippen molar-refractivity contribution in [1.82, 2.24) is 0 Å². The van der Waals surface area contributed by atoms with Gasteiger partial charge in [0, 0.05) is 0 Å². The van der Waals surface area contributed by atoms with Crippen molar-refractivity contribution in [3.05, 3.63) is 97.6 Å². The van der Waals surface area contributed by atoms with Gasteiger partial charge in [-0.15, -0.1) is 80.7 Å². The molecule has 0 fully saturated rings. The summed E-state index contributed by atoms with van der Waals surface area (Å²) >= 11 is 0. The topological polar surface area (TPSA) is 0 Å². The summed E-state index contributed by atoms with van der Waals surface area (Å²) in [6, 6.07) is 27.3. The molecule has 0 saturated heterocycles. The standard InChI is InChI=1S/2C17H24P.C5H8.Zr/c2*1-3-5-11-18(12-6-4-2)17-13-15-9-7-8-10-16(15)14-17;1-3-5-4-2;/h2*7-10,13-14H,3-6,11-12H2,1-2H3;3-5H,1H2,2H3;/q2*-1;;+2. The molecule has 0 saturated carbocycles. The minimum Gasteiger partial charge on any atom is -0.161 e. The Bertz CT molecular complexity index is 1080. The first-order chi connectivity index (χ1) is 20.1. The van der Waals surface area contributed by atoms with Crippen molar-refractivity contribution in [2.24, 2.45) is 0 Å². The van der Waals surface area contributed by atoms with E-state index in [-0.39, 0.29) is 42.0 Å². The first-order valence-electron chi connectivity index (χ1n) is 16.2. The van der Waals surface area contributed by atoms with Gasteiger partial charge in [-0.25, -0.2) is 0 Å². The molecule has 0 amide bonds. The Kier molecular flexibility index (Phi) is 22.4. The Morgan fingerprint density at radius 3 is 1.24 bits per heavy atom. The van der Waals surface area contributed by atoms with E-state index in [0.717, 1.165) is 0 Å². The van der Waals surface area contributed by atoms with Crippen LogP contribution in [-0.2, 0) is 26.2 Å². The third-order valence-corrected chi connectivity index (χ3v) is 12.8. The van der Waals surface area contributed by atoms with E-state index in [9.17, 15) is 0 Å². The van der Waals surface area contributed by atoms with E-state index in [2.05, 4.69) is 107 Å². The fraction of sp³-hybridized carbons (Fsp3) is 0.436. The second-order valence-corrected chi connectivity index (χ2v) is 15.8. The first kappa shape index (κ1) is 38.9. The van der Waals surface area contributed by atoms with Gasteiger partial charge in [-0.1, -0.05) is 106 Å². The Labute approximate surface area is 280 Å². The van der Waals surface area contributed by atoms with Crippen LogP contribution in [0.2, 0.25) is 0 Å². The zero-order valence-corrected chi connectivity index (χ0v) is 31.5. The molecule has 4 rings (SSSR count). The fourth-order valence-electron chi connectivity index (χ4n) is 4.91. The zero-order valence-electron chi connectivity index (χ0n) is 27.2. The van der Waals surface area contributed by atoms with Crippen molar-refractivity contribution < 1.29 is 26.2 Å². The van der Waals surface area contributed by atoms with Crippen LogP contribution in [0.5, 0.6) is 0 Å². The van der Waals surface area contributed by atoms with Crippen molar-refractivity contribution >= 4 is 48.0 Å². The van der Waals surface area contributed by atoms with Gasteiger partial charge in [-0.05, 0) is 57.3 Å². The zero-order chi connectivity index (χ0) is 29.7. The summed E-state index contributed by atoms with van der Waals surface area (Å²) in [7, 11) is 0.171. The van der Waals surface area contributed by atoms with E-state index in [4.69, 9.17) is 0 Å². The van der Waals surface area contributed by atoms with Crippen LogP contribution in [0.4, 0.5) is 0 Å². The number of allylic oxidation sites excluding steroid dienone is 3. The SMILES string of the molecule is C=CC=CC.CCCCP(CCCC)c1cc2ccccc2[cH-]1.CCCCP(CCCC)c1cc2ccccc2[cH-]1.[Zr+2]. The molecule has 0 nitrogen and oxygen atoms in total. The molecule has 0 N–H and O–H groups in total. The third-order valence-electron chi connectivity index (χ3n) is 7.39. The van der Waals surface area contributed by atoms with Gasteiger partial charge in [-0.2, -0.15) is 12.1 Å². The molecule has 4 aromatic carbocycles. The monoisotopic (exact) mass is 676 g/mol. The maximum absolute atomic E-state index is 3.46. The summed E-state index contributed by atoms with van der Waals surface area (Å²) in [5.41, 5.74) is 0. The van der Waals surface area contributed by atoms with Crippen LogP contribution < -0.4 is 10.6 Å². The van der Waals surface area contributed by atoms with Gasteiger partial charge in [0.25, 0.3) is 0 Å². The van der Waals surface area contributed by atoms with Gasteiger partial charge in [-0.3, -0.25) is 0 Å². The molecule has 0 heterocycles. The van der Waals surface area contributed by atoms with Gasteiger partial charge in [0.15, 0.2) is 0 Å². The van der Waals surface area contributed by atoms with E-state index < -0.39 is 0 Å². The fourth-order valence-corrected chi connectivity index (χ4v) is 10.5. The van der Waals surface area contributed by atoms with Crippen molar-refractivity contribution in [2.75, 3.05) is 24.6 Å². The Morgan fingerprint density at radius 1 is 0.619 bits per heavy atom. The van der Waals surface area contributed by atoms with E-state index in [1.54, 1.807) is 16.7 Å². The third kappa shape index (κ3) is 14.1. The Balaban J connectivity index is 0.000000355. The van der Waals surface area contributed by atoms with Crippen LogP contribution in [0.3, 0.4) is 0 Å². The van der Waals surface area contributed by atoms with Crippen LogP contribution in [0.25, 0.3) is 21.5 Å². The number of fused-ring (bicyclic) bond motifs is 2. The van der Waals surface area contributed by atoms with Gasteiger partial charge >= 0.3 is 26.2 Å². The maximum Gasteiger partial charge on any atom is 2.00 e. The summed E-state index contributed by atoms with van der Waals surface area (Å²) in [5, 5.41) is 8.96. The minimum absolute atomic E-state index is 0. The molecule has 3 heteroatoms. The number of benzene rings is 2. The van der Waals surface area contributed by atoms with Crippen molar-refractivity contribution in [1.29, 1.82) is 0 Å². The van der Waals surface area contributed by atoms with E-state index in [0.29, 0.717) is 0 Å². The minimum atomic E-state index is 0. The van der Waals surface area contributed by atoms with Crippen LogP contribution in [0, 0.1) is 0 Å². The first-order valence-corrected chi connectivity index (χ1v) is 19.6. The molecule has 0 aromatic heterocycles. The van der Waals surface area contributed by atoms with Gasteiger partial charge < -0.3 is 0 Å². The average molecular weight is 678 g/mol. The van der Waals surface area contributed by atoms with Gasteiger partial charge in [0.2, 0.25) is 0 Å². The number of hydrogen-bond donors (Lipinski definition) is 0. The molecule has 0 aliphatic heterocycles. The molecular weight excluding hydrogens is 622 g/mol. The van der Waals surface area contributed by atoms with E-state index in [1.165, 1.54) is 97.6 Å². The predicted octanol–water partition coefficient (Wildman–Crippen LogP) is 12.3. The molecule has 4 aromatic rings. The van der Waals surface area contributed by atoms with E-state index in [1.807, 2.05) is 19.1 Å². The van der Waals surface area contributed by atoms with Crippen LogP contribution in [-0.4, -0.2) is 24.6 Å². The smallest absolute Gasteiger partial charge is 0.161 e. The van der Waals surface area contributed by atoms with Crippen LogP contribution >= 0.6 is 15.8 Å². The second-order valence-electron chi connectivity index (χ2n) is 10.8. The summed E-state index contributed by atoms with van der Waals surface area (Å²) in [5.74, 6) is 0. The number of unbranched alkanes of at least 4 members (excludes halogenated alkanes) is 4. The predicted molar refractivity (Wildman–Crippen MR) is 196 cm³/mol. The van der Waals surface area contributed by atoms with Crippen molar-refractivity contribution in [3.63, 3.8) is 0 Å². The number of rotatable bonds is 15. The summed E-state index contributed by atoms with van der Waals surface area (Å²) < 4.78 is 0. The molecule has 0 aliphatic rings. The molecule has 0 bridgehead atoms. The molecular formula is C39H56P2Zr. The van der Waals surface area contributed by atoms with Crippen molar-refractivity contribution in [2.45, 2.75) is 86.0 Å². The molecule has 0 atom stereocenters. The molecule has 226 valence electrons.